The van der Waals surface area contributed by atoms with Gasteiger partial charge in [-0.25, -0.2) is 0 Å². The van der Waals surface area contributed by atoms with E-state index >= 15 is 0 Å². The Bertz CT molecular complexity index is 300. The van der Waals surface area contributed by atoms with Crippen molar-refractivity contribution in [1.82, 2.24) is 0 Å². The summed E-state index contributed by atoms with van der Waals surface area (Å²) in [5, 5.41) is 0. The van der Waals surface area contributed by atoms with E-state index in [4.69, 9.17) is 0 Å². The number of carbonyl (C=O) groups is 1. The number of carbonyl (C=O) groups excluding carboxylic acids is 1. The first kappa shape index (κ1) is 10.9. The van der Waals surface area contributed by atoms with Gasteiger partial charge in [-0.2, -0.15) is 0 Å². The van der Waals surface area contributed by atoms with Crippen molar-refractivity contribution in [1.29, 1.82) is 0 Å². The lowest BCUT2D eigenvalue weighted by atomic mass is 9.65. The van der Waals surface area contributed by atoms with Gasteiger partial charge in [0.05, 0.1) is 0 Å². The molecule has 1 fully saturated rings. The largest absolute Gasteiger partial charge is 0.299 e. The molecular formula is C14H22O. The van der Waals surface area contributed by atoms with E-state index < -0.39 is 0 Å². The number of allylic oxidation sites excluding steroid dienone is 2. The highest BCUT2D eigenvalue weighted by Crippen LogP contribution is 2.52. The molecule has 0 amide bonds. The second-order valence-electron chi connectivity index (χ2n) is 5.72. The zero-order chi connectivity index (χ0) is 11.1. The highest BCUT2D eigenvalue weighted by atomic mass is 16.1. The predicted molar refractivity (Wildman–Crippen MR) is 62.6 cm³/mol. The number of hydrogen-bond acceptors (Lipinski definition) is 1. The Morgan fingerprint density at radius 2 is 2.13 bits per heavy atom. The normalized spacial score (nSPS) is 36.4. The minimum Gasteiger partial charge on any atom is -0.299 e. The van der Waals surface area contributed by atoms with Crippen molar-refractivity contribution < 1.29 is 4.79 Å². The van der Waals surface area contributed by atoms with Crippen molar-refractivity contribution in [3.8, 4) is 0 Å². The van der Waals surface area contributed by atoms with Gasteiger partial charge in [0.1, 0.15) is 5.78 Å². The van der Waals surface area contributed by atoms with E-state index in [0.717, 1.165) is 32.1 Å². The first-order valence-electron chi connectivity index (χ1n) is 6.25. The molecule has 0 aromatic heterocycles. The maximum atomic E-state index is 12.1. The van der Waals surface area contributed by atoms with E-state index in [1.807, 2.05) is 0 Å². The van der Waals surface area contributed by atoms with Crippen LogP contribution in [0.4, 0.5) is 0 Å². The van der Waals surface area contributed by atoms with E-state index in [0.29, 0.717) is 17.6 Å². The molecule has 15 heavy (non-hydrogen) atoms. The molecule has 1 heteroatoms. The summed E-state index contributed by atoms with van der Waals surface area (Å²) in [6, 6.07) is 0. The molecular weight excluding hydrogens is 184 g/mol. The summed E-state index contributed by atoms with van der Waals surface area (Å²) in [7, 11) is 0. The van der Waals surface area contributed by atoms with Gasteiger partial charge in [-0.15, -0.1) is 0 Å². The lowest BCUT2D eigenvalue weighted by Crippen LogP contribution is -2.36. The highest BCUT2D eigenvalue weighted by molar-refractivity contribution is 5.87. The fraction of sp³-hybridized carbons (Fsp3) is 0.786. The Labute approximate surface area is 92.9 Å². The molecule has 0 radical (unpaired) electrons. The van der Waals surface area contributed by atoms with E-state index in [-0.39, 0.29) is 5.41 Å². The Balaban J connectivity index is 2.27. The molecule has 0 aliphatic heterocycles. The molecule has 0 unspecified atom stereocenters. The fourth-order valence-corrected chi connectivity index (χ4v) is 3.56. The minimum absolute atomic E-state index is 0.0354. The van der Waals surface area contributed by atoms with Gasteiger partial charge < -0.3 is 0 Å². The average Bonchev–Trinajstić information content (AvgIpc) is 2.50. The van der Waals surface area contributed by atoms with E-state index in [2.05, 4.69) is 26.8 Å². The molecule has 2 aliphatic rings. The quantitative estimate of drug-likeness (QED) is 0.597. The van der Waals surface area contributed by atoms with Gasteiger partial charge in [0, 0.05) is 11.8 Å². The molecule has 2 aliphatic carbocycles. The molecule has 0 N–H and O–H groups in total. The minimum atomic E-state index is 0.0354. The van der Waals surface area contributed by atoms with Gasteiger partial charge in [0.15, 0.2) is 0 Å². The van der Waals surface area contributed by atoms with E-state index in [9.17, 15) is 4.79 Å². The first-order valence-corrected chi connectivity index (χ1v) is 6.25. The summed E-state index contributed by atoms with van der Waals surface area (Å²) < 4.78 is 0. The number of ketones is 1. The second-order valence-corrected chi connectivity index (χ2v) is 5.72. The smallest absolute Gasteiger partial charge is 0.139 e. The molecule has 0 heterocycles. The van der Waals surface area contributed by atoms with Crippen LogP contribution in [0.2, 0.25) is 0 Å². The highest BCUT2D eigenvalue weighted by Gasteiger charge is 2.50. The van der Waals surface area contributed by atoms with Gasteiger partial charge in [0.2, 0.25) is 0 Å². The Morgan fingerprint density at radius 1 is 1.40 bits per heavy atom. The maximum absolute atomic E-state index is 12.1. The van der Waals surface area contributed by atoms with Crippen molar-refractivity contribution in [2.75, 3.05) is 0 Å². The van der Waals surface area contributed by atoms with Crippen molar-refractivity contribution in [3.63, 3.8) is 0 Å². The number of Topliss-reactive ketones (excluding diaryl/α,β-unsaturated/α-hetero) is 1. The Hall–Kier alpha value is -0.590. The van der Waals surface area contributed by atoms with Gasteiger partial charge in [-0.1, -0.05) is 25.5 Å². The Morgan fingerprint density at radius 3 is 2.67 bits per heavy atom. The van der Waals surface area contributed by atoms with Gasteiger partial charge >= 0.3 is 0 Å². The number of rotatable bonds is 1. The van der Waals surface area contributed by atoms with Crippen LogP contribution in [0.1, 0.15) is 52.9 Å². The molecule has 0 saturated heterocycles. The molecule has 1 spiro atoms. The molecule has 2 atom stereocenters. The molecule has 1 nitrogen and oxygen atoms in total. The molecule has 2 rings (SSSR count). The molecule has 0 aromatic rings. The van der Waals surface area contributed by atoms with Crippen LogP contribution in [0, 0.1) is 17.3 Å². The standard InChI is InChI=1S/C14H22O/c1-10(2)12-4-5-13(15)14(12)8-6-11(3)7-9-14/h6,10,12H,4-5,7-9H2,1-3H3/t12-,14-/m0/s1. The van der Waals surface area contributed by atoms with Crippen molar-refractivity contribution in [2.45, 2.75) is 52.9 Å². The monoisotopic (exact) mass is 206 g/mol. The van der Waals surface area contributed by atoms with Crippen LogP contribution in [0.15, 0.2) is 11.6 Å². The van der Waals surface area contributed by atoms with Gasteiger partial charge in [-0.3, -0.25) is 4.79 Å². The molecule has 0 bridgehead atoms. The van der Waals surface area contributed by atoms with Crippen LogP contribution in [-0.2, 0) is 4.79 Å². The maximum Gasteiger partial charge on any atom is 0.139 e. The fourth-order valence-electron chi connectivity index (χ4n) is 3.56. The Kier molecular flexibility index (Phi) is 2.74. The van der Waals surface area contributed by atoms with Crippen molar-refractivity contribution in [3.05, 3.63) is 11.6 Å². The van der Waals surface area contributed by atoms with Crippen LogP contribution < -0.4 is 0 Å². The topological polar surface area (TPSA) is 17.1 Å². The first-order chi connectivity index (χ1) is 7.06. The van der Waals surface area contributed by atoms with Crippen molar-refractivity contribution in [2.24, 2.45) is 17.3 Å². The SMILES string of the molecule is CC1=CC[C@@]2(CC1)C(=O)CC[C@H]2C(C)C. The summed E-state index contributed by atoms with van der Waals surface area (Å²) >= 11 is 0. The van der Waals surface area contributed by atoms with Crippen LogP contribution >= 0.6 is 0 Å². The third kappa shape index (κ3) is 1.66. The van der Waals surface area contributed by atoms with Crippen LogP contribution in [0.25, 0.3) is 0 Å². The third-order valence-electron chi connectivity index (χ3n) is 4.53. The van der Waals surface area contributed by atoms with E-state index in [1.54, 1.807) is 0 Å². The third-order valence-corrected chi connectivity index (χ3v) is 4.53. The number of hydrogen-bond donors (Lipinski definition) is 0. The molecule has 0 aromatic carbocycles. The predicted octanol–water partition coefficient (Wildman–Crippen LogP) is 3.74. The van der Waals surface area contributed by atoms with Gasteiger partial charge in [0.25, 0.3) is 0 Å². The summed E-state index contributed by atoms with van der Waals surface area (Å²) in [5.41, 5.74) is 1.51. The lowest BCUT2D eigenvalue weighted by molar-refractivity contribution is -0.128. The summed E-state index contributed by atoms with van der Waals surface area (Å²) in [5.74, 6) is 1.84. The zero-order valence-electron chi connectivity index (χ0n) is 10.2. The molecule has 1 saturated carbocycles. The zero-order valence-corrected chi connectivity index (χ0v) is 10.2. The van der Waals surface area contributed by atoms with Gasteiger partial charge in [-0.05, 0) is 44.4 Å². The summed E-state index contributed by atoms with van der Waals surface area (Å²) in [6.45, 7) is 6.74. The van der Waals surface area contributed by atoms with Crippen LogP contribution in [0.5, 0.6) is 0 Å². The molecule has 84 valence electrons. The summed E-state index contributed by atoms with van der Waals surface area (Å²) in [4.78, 5) is 12.1. The van der Waals surface area contributed by atoms with Crippen molar-refractivity contribution >= 4 is 5.78 Å². The average molecular weight is 206 g/mol. The van der Waals surface area contributed by atoms with Crippen LogP contribution in [0.3, 0.4) is 0 Å². The summed E-state index contributed by atoms with van der Waals surface area (Å²) in [6.07, 6.45) is 7.52. The van der Waals surface area contributed by atoms with Crippen LogP contribution in [-0.4, -0.2) is 5.78 Å². The van der Waals surface area contributed by atoms with E-state index in [1.165, 1.54) is 5.57 Å². The second kappa shape index (κ2) is 3.77. The lowest BCUT2D eigenvalue weighted by Gasteiger charge is -2.38.